The number of sulfonamides is 1. The minimum Gasteiger partial charge on any atom is -0.352 e. The second kappa shape index (κ2) is 15.2. The van der Waals surface area contributed by atoms with Crippen LogP contribution in [0, 0.1) is 13.8 Å². The number of amides is 2. The maximum Gasteiger partial charge on any atom is 0.243 e. The van der Waals surface area contributed by atoms with E-state index in [1.807, 2.05) is 80.6 Å². The van der Waals surface area contributed by atoms with Gasteiger partial charge in [0, 0.05) is 32.0 Å². The first kappa shape index (κ1) is 32.3. The van der Waals surface area contributed by atoms with Crippen LogP contribution >= 0.6 is 0 Å². The first-order valence-corrected chi connectivity index (χ1v) is 17.2. The van der Waals surface area contributed by atoms with Gasteiger partial charge in [-0.2, -0.15) is 0 Å². The number of nitrogens with one attached hydrogen (secondary N) is 1. The van der Waals surface area contributed by atoms with E-state index >= 15 is 0 Å². The van der Waals surface area contributed by atoms with Crippen LogP contribution in [-0.4, -0.2) is 50.0 Å². The summed E-state index contributed by atoms with van der Waals surface area (Å²) in [5.41, 5.74) is 4.63. The molecule has 1 N–H and O–H groups in total. The molecule has 0 aliphatic heterocycles. The fraction of sp³-hybridized carbons (Fsp3) is 0.429. The third-order valence-corrected chi connectivity index (χ3v) is 9.49. The van der Waals surface area contributed by atoms with E-state index in [9.17, 15) is 18.0 Å². The largest absolute Gasteiger partial charge is 0.352 e. The summed E-state index contributed by atoms with van der Waals surface area (Å²) in [6, 6.07) is 24.5. The Balaban J connectivity index is 1.59. The maximum atomic E-state index is 14.1. The van der Waals surface area contributed by atoms with E-state index in [2.05, 4.69) is 5.32 Å². The van der Waals surface area contributed by atoms with Gasteiger partial charge in [0.05, 0.1) is 11.9 Å². The topological polar surface area (TPSA) is 86.8 Å². The third-order valence-electron chi connectivity index (χ3n) is 8.30. The third kappa shape index (κ3) is 9.42. The van der Waals surface area contributed by atoms with Crippen molar-refractivity contribution in [3.63, 3.8) is 0 Å². The molecule has 1 saturated carbocycles. The molecule has 4 rings (SSSR count). The summed E-state index contributed by atoms with van der Waals surface area (Å²) in [6.07, 6.45) is 7.31. The van der Waals surface area contributed by atoms with Gasteiger partial charge in [-0.05, 0) is 61.9 Å². The zero-order valence-corrected chi connectivity index (χ0v) is 26.5. The van der Waals surface area contributed by atoms with Crippen LogP contribution in [0.1, 0.15) is 67.2 Å². The molecule has 3 aromatic carbocycles. The molecule has 0 bridgehead atoms. The van der Waals surface area contributed by atoms with E-state index in [1.54, 1.807) is 17.0 Å². The zero-order chi connectivity index (χ0) is 30.8. The van der Waals surface area contributed by atoms with Crippen molar-refractivity contribution >= 4 is 27.5 Å². The predicted molar refractivity (Wildman–Crippen MR) is 173 cm³/mol. The van der Waals surface area contributed by atoms with Crippen LogP contribution in [0.4, 0.5) is 5.69 Å². The van der Waals surface area contributed by atoms with Gasteiger partial charge < -0.3 is 10.2 Å². The molecule has 7 nitrogen and oxygen atoms in total. The van der Waals surface area contributed by atoms with Crippen molar-refractivity contribution < 1.29 is 18.0 Å². The molecule has 1 atom stereocenters. The van der Waals surface area contributed by atoms with Crippen LogP contribution in [0.25, 0.3) is 0 Å². The second-order valence-electron chi connectivity index (χ2n) is 11.8. The molecular formula is C35H45N3O4S. The van der Waals surface area contributed by atoms with Crippen molar-refractivity contribution in [1.82, 2.24) is 10.2 Å². The molecule has 0 saturated heterocycles. The van der Waals surface area contributed by atoms with Gasteiger partial charge in [-0.25, -0.2) is 8.42 Å². The Hall–Kier alpha value is -3.65. The first-order chi connectivity index (χ1) is 20.6. The van der Waals surface area contributed by atoms with Crippen LogP contribution in [-0.2, 0) is 32.6 Å². The van der Waals surface area contributed by atoms with Crippen LogP contribution in [0.15, 0.2) is 78.9 Å². The lowest BCUT2D eigenvalue weighted by atomic mass is 9.94. The van der Waals surface area contributed by atoms with Crippen LogP contribution in [0.3, 0.4) is 0 Å². The summed E-state index contributed by atoms with van der Waals surface area (Å²) in [5, 5.41) is 3.27. The number of hydrogen-bond donors (Lipinski definition) is 1. The Kier molecular flexibility index (Phi) is 11.4. The van der Waals surface area contributed by atoms with E-state index in [0.29, 0.717) is 25.1 Å². The minimum absolute atomic E-state index is 0.117. The number of carbonyl (C=O) groups is 2. The maximum absolute atomic E-state index is 14.1. The molecule has 0 radical (unpaired) electrons. The highest BCUT2D eigenvalue weighted by molar-refractivity contribution is 7.92. The number of anilines is 1. The van der Waals surface area contributed by atoms with Crippen molar-refractivity contribution in [3.05, 3.63) is 101 Å². The molecule has 3 aromatic rings. The van der Waals surface area contributed by atoms with Gasteiger partial charge in [0.1, 0.15) is 6.04 Å². The van der Waals surface area contributed by atoms with Gasteiger partial charge in [0.25, 0.3) is 0 Å². The molecular weight excluding hydrogens is 558 g/mol. The van der Waals surface area contributed by atoms with Crippen LogP contribution in [0.2, 0.25) is 0 Å². The molecule has 0 spiro atoms. The minimum atomic E-state index is -3.55. The SMILES string of the molecule is Cc1ccc(N(CCCC(=O)N(Cc2ccccc2C)[C@@H](Cc2ccccc2)C(=O)NC2CCCCC2)S(C)(=O)=O)cc1. The normalized spacial score (nSPS) is 14.6. The van der Waals surface area contributed by atoms with E-state index in [4.69, 9.17) is 0 Å². The van der Waals surface area contributed by atoms with Crippen molar-refractivity contribution in [3.8, 4) is 0 Å². The lowest BCUT2D eigenvalue weighted by Crippen LogP contribution is -2.53. The standard InChI is InChI=1S/C35H45N3O4S/c1-27-20-22-32(23-21-27)38(43(3,41)42)24-12-19-34(39)37(26-30-16-11-10-13-28(30)2)33(25-29-14-6-4-7-15-29)35(40)36-31-17-8-5-9-18-31/h4,6-7,10-11,13-16,20-23,31,33H,5,8-9,12,17-19,24-26H2,1-3H3,(H,36,40)/t33-/m0/s1. The Bertz CT molecular complexity index is 1450. The number of carbonyl (C=O) groups excluding carboxylic acids is 2. The zero-order valence-electron chi connectivity index (χ0n) is 25.7. The van der Waals surface area contributed by atoms with Gasteiger partial charge in [0.15, 0.2) is 0 Å². The van der Waals surface area contributed by atoms with Crippen LogP contribution < -0.4 is 9.62 Å². The smallest absolute Gasteiger partial charge is 0.243 e. The first-order valence-electron chi connectivity index (χ1n) is 15.3. The molecule has 1 fully saturated rings. The van der Waals surface area contributed by atoms with Crippen molar-refractivity contribution in [2.24, 2.45) is 0 Å². The Morgan fingerprint density at radius 2 is 1.53 bits per heavy atom. The predicted octanol–water partition coefficient (Wildman–Crippen LogP) is 5.94. The highest BCUT2D eigenvalue weighted by Gasteiger charge is 2.32. The summed E-state index contributed by atoms with van der Waals surface area (Å²) in [4.78, 5) is 29.8. The number of hydrogen-bond acceptors (Lipinski definition) is 4. The molecule has 230 valence electrons. The molecule has 1 aliphatic rings. The number of aryl methyl sites for hydroxylation is 2. The van der Waals surface area contributed by atoms with Crippen molar-refractivity contribution in [2.75, 3.05) is 17.1 Å². The van der Waals surface area contributed by atoms with E-state index in [-0.39, 0.29) is 30.8 Å². The molecule has 8 heteroatoms. The molecule has 43 heavy (non-hydrogen) atoms. The quantitative estimate of drug-likeness (QED) is 0.262. The second-order valence-corrected chi connectivity index (χ2v) is 13.7. The fourth-order valence-electron chi connectivity index (χ4n) is 5.78. The summed E-state index contributed by atoms with van der Waals surface area (Å²) in [7, 11) is -3.55. The molecule has 2 amide bonds. The average Bonchev–Trinajstić information content (AvgIpc) is 2.99. The summed E-state index contributed by atoms with van der Waals surface area (Å²) in [6.45, 7) is 4.43. The lowest BCUT2D eigenvalue weighted by Gasteiger charge is -2.34. The van der Waals surface area contributed by atoms with Gasteiger partial charge in [-0.1, -0.05) is 91.6 Å². The van der Waals surface area contributed by atoms with Gasteiger partial charge in [-0.3, -0.25) is 13.9 Å². The van der Waals surface area contributed by atoms with Gasteiger partial charge in [-0.15, -0.1) is 0 Å². The van der Waals surface area contributed by atoms with Crippen molar-refractivity contribution in [1.29, 1.82) is 0 Å². The fourth-order valence-corrected chi connectivity index (χ4v) is 6.75. The van der Waals surface area contributed by atoms with E-state index in [1.165, 1.54) is 17.0 Å². The molecule has 1 aliphatic carbocycles. The van der Waals surface area contributed by atoms with E-state index < -0.39 is 16.1 Å². The van der Waals surface area contributed by atoms with Gasteiger partial charge >= 0.3 is 0 Å². The molecule has 0 aromatic heterocycles. The lowest BCUT2D eigenvalue weighted by molar-refractivity contribution is -0.141. The highest BCUT2D eigenvalue weighted by Crippen LogP contribution is 2.23. The summed E-state index contributed by atoms with van der Waals surface area (Å²) >= 11 is 0. The monoisotopic (exact) mass is 603 g/mol. The van der Waals surface area contributed by atoms with E-state index in [0.717, 1.165) is 47.9 Å². The molecule has 0 heterocycles. The Morgan fingerprint density at radius 1 is 0.884 bits per heavy atom. The Morgan fingerprint density at radius 3 is 2.19 bits per heavy atom. The van der Waals surface area contributed by atoms with Crippen molar-refractivity contribution in [2.45, 2.75) is 83.8 Å². The summed E-state index contributed by atoms with van der Waals surface area (Å²) in [5.74, 6) is -0.296. The highest BCUT2D eigenvalue weighted by atomic mass is 32.2. The molecule has 0 unspecified atom stereocenters. The number of rotatable bonds is 13. The Labute approximate surface area is 257 Å². The van der Waals surface area contributed by atoms with Gasteiger partial charge in [0.2, 0.25) is 21.8 Å². The number of nitrogens with zero attached hydrogens (tertiary/aromatic N) is 2. The summed E-state index contributed by atoms with van der Waals surface area (Å²) < 4.78 is 26.7. The van der Waals surface area contributed by atoms with Crippen LogP contribution in [0.5, 0.6) is 0 Å². The number of benzene rings is 3. The average molecular weight is 604 g/mol.